The molecule has 26 heavy (non-hydrogen) atoms. The first-order valence-corrected chi connectivity index (χ1v) is 7.67. The zero-order chi connectivity index (χ0) is 18.7. The Morgan fingerprint density at radius 1 is 1.12 bits per heavy atom. The number of amides is 4. The number of imide groups is 2. The summed E-state index contributed by atoms with van der Waals surface area (Å²) < 4.78 is 4.89. The van der Waals surface area contributed by atoms with Crippen molar-refractivity contribution in [2.24, 2.45) is 10.9 Å². The van der Waals surface area contributed by atoms with E-state index in [2.05, 4.69) is 20.5 Å². The number of methoxy groups -OCH3 is 1. The fourth-order valence-electron chi connectivity index (χ4n) is 2.30. The molecular formula is C17H15N5O4. The van der Waals surface area contributed by atoms with Gasteiger partial charge in [0.2, 0.25) is 11.8 Å². The molecule has 0 saturated carbocycles. The number of nitrogens with one attached hydrogen (secondary N) is 1. The molecule has 1 aromatic heterocycles. The smallest absolute Gasteiger partial charge is 0.335 e. The van der Waals surface area contributed by atoms with Gasteiger partial charge in [-0.1, -0.05) is 17.7 Å². The number of carbonyl (C=O) groups is 3. The summed E-state index contributed by atoms with van der Waals surface area (Å²) in [5, 5.41) is 9.69. The lowest BCUT2D eigenvalue weighted by molar-refractivity contribution is -0.131. The topological polar surface area (TPSA) is 114 Å². The van der Waals surface area contributed by atoms with E-state index in [1.165, 1.54) is 13.2 Å². The molecule has 2 heterocycles. The lowest BCUT2D eigenvalue weighted by Crippen LogP contribution is -2.58. The maximum atomic E-state index is 12.7. The molecule has 1 aliphatic heterocycles. The van der Waals surface area contributed by atoms with Gasteiger partial charge >= 0.3 is 6.03 Å². The minimum absolute atomic E-state index is 0.199. The number of benzene rings is 1. The molecule has 1 saturated heterocycles. The Morgan fingerprint density at radius 2 is 1.85 bits per heavy atom. The number of carbonyl (C=O) groups excluding carboxylic acids is 3. The van der Waals surface area contributed by atoms with Gasteiger partial charge in [-0.2, -0.15) is 0 Å². The van der Waals surface area contributed by atoms with Crippen molar-refractivity contribution in [2.75, 3.05) is 12.0 Å². The Balaban J connectivity index is 1.84. The van der Waals surface area contributed by atoms with Crippen molar-refractivity contribution in [2.45, 2.75) is 6.92 Å². The van der Waals surface area contributed by atoms with Crippen LogP contribution in [0, 0.1) is 12.8 Å². The molecular weight excluding hydrogens is 338 g/mol. The normalized spacial score (nSPS) is 17.5. The van der Waals surface area contributed by atoms with Gasteiger partial charge in [0.25, 0.3) is 5.91 Å². The average Bonchev–Trinajstić information content (AvgIpc) is 2.63. The van der Waals surface area contributed by atoms with E-state index in [4.69, 9.17) is 4.74 Å². The Kier molecular flexibility index (Phi) is 4.70. The van der Waals surface area contributed by atoms with Crippen LogP contribution in [-0.4, -0.2) is 41.4 Å². The molecule has 9 heteroatoms. The summed E-state index contributed by atoms with van der Waals surface area (Å²) in [4.78, 5) is 41.7. The molecule has 2 aromatic rings. The zero-order valence-electron chi connectivity index (χ0n) is 14.0. The number of aryl methyl sites for hydroxylation is 1. The molecule has 0 unspecified atom stereocenters. The van der Waals surface area contributed by atoms with Crippen LogP contribution in [0.2, 0.25) is 0 Å². The highest BCUT2D eigenvalue weighted by Crippen LogP contribution is 2.21. The number of rotatable bonds is 4. The lowest BCUT2D eigenvalue weighted by Gasteiger charge is -2.28. The zero-order valence-corrected chi connectivity index (χ0v) is 14.0. The predicted octanol–water partition coefficient (Wildman–Crippen LogP) is 1.40. The molecule has 1 aliphatic rings. The van der Waals surface area contributed by atoms with E-state index in [0.717, 1.165) is 16.7 Å². The number of urea groups is 1. The Morgan fingerprint density at radius 3 is 2.46 bits per heavy atom. The first kappa shape index (κ1) is 17.2. The van der Waals surface area contributed by atoms with Crippen LogP contribution in [0.25, 0.3) is 0 Å². The van der Waals surface area contributed by atoms with E-state index in [1.807, 2.05) is 6.92 Å². The van der Waals surface area contributed by atoms with Gasteiger partial charge < -0.3 is 4.74 Å². The highest BCUT2D eigenvalue weighted by atomic mass is 16.5. The van der Waals surface area contributed by atoms with Crippen LogP contribution in [0.3, 0.4) is 0 Å². The Labute approximate surface area is 148 Å². The highest BCUT2D eigenvalue weighted by Gasteiger charge is 2.40. The number of barbiturate groups is 1. The third-order valence-electron chi connectivity index (χ3n) is 3.69. The van der Waals surface area contributed by atoms with Crippen molar-refractivity contribution >= 4 is 35.6 Å². The average molecular weight is 353 g/mol. The van der Waals surface area contributed by atoms with Gasteiger partial charge in [0, 0.05) is 12.3 Å². The molecule has 0 bridgehead atoms. The van der Waals surface area contributed by atoms with Gasteiger partial charge in [0.15, 0.2) is 11.7 Å². The van der Waals surface area contributed by atoms with Gasteiger partial charge in [0.05, 0.1) is 12.8 Å². The van der Waals surface area contributed by atoms with E-state index < -0.39 is 23.8 Å². The van der Waals surface area contributed by atoms with Crippen LogP contribution < -0.4 is 15.0 Å². The number of hydrogen-bond acceptors (Lipinski definition) is 7. The Hall–Kier alpha value is -3.62. The summed E-state index contributed by atoms with van der Waals surface area (Å²) in [7, 11) is 1.45. The van der Waals surface area contributed by atoms with Crippen LogP contribution in [0.15, 0.2) is 41.4 Å². The number of nitrogens with zero attached hydrogens (tertiary/aromatic N) is 4. The molecule has 4 amide bonds. The monoisotopic (exact) mass is 353 g/mol. The molecule has 9 nitrogen and oxygen atoms in total. The quantitative estimate of drug-likeness (QED) is 0.656. The summed E-state index contributed by atoms with van der Waals surface area (Å²) in [6, 6.07) is 9.07. The number of ether oxygens (including phenoxy) is 1. The second-order valence-corrected chi connectivity index (χ2v) is 5.49. The van der Waals surface area contributed by atoms with Crippen LogP contribution in [0.4, 0.5) is 16.3 Å². The first-order chi connectivity index (χ1) is 12.5. The van der Waals surface area contributed by atoms with Gasteiger partial charge in [-0.25, -0.2) is 14.7 Å². The second kappa shape index (κ2) is 7.09. The van der Waals surface area contributed by atoms with Crippen LogP contribution in [0.5, 0.6) is 5.88 Å². The molecule has 132 valence electrons. The standard InChI is InChI=1S/C17H15N5O4/c1-10-3-5-11(6-4-10)22-16(24)12(15(23)19-17(22)25)9-18-13-7-8-14(26-2)21-20-13/h3-9,12H,1-2H3,(H,19,23,25)/t12-/m1/s1. The maximum absolute atomic E-state index is 12.7. The highest BCUT2D eigenvalue weighted by molar-refractivity contribution is 6.32. The summed E-state index contributed by atoms with van der Waals surface area (Å²) in [5.74, 6) is -2.17. The van der Waals surface area contributed by atoms with Gasteiger partial charge in [-0.3, -0.25) is 14.9 Å². The summed E-state index contributed by atoms with van der Waals surface area (Å²) in [6.07, 6.45) is 1.14. The van der Waals surface area contributed by atoms with E-state index >= 15 is 0 Å². The van der Waals surface area contributed by atoms with E-state index in [0.29, 0.717) is 11.6 Å². The van der Waals surface area contributed by atoms with Crippen molar-refractivity contribution in [1.29, 1.82) is 0 Å². The molecule has 1 N–H and O–H groups in total. The van der Waals surface area contributed by atoms with Gasteiger partial charge in [-0.05, 0) is 25.1 Å². The SMILES string of the molecule is COc1ccc(N=C[C@@H]2C(=O)NC(=O)N(c3ccc(C)cc3)C2=O)nn1. The van der Waals surface area contributed by atoms with Gasteiger partial charge in [-0.15, -0.1) is 10.2 Å². The van der Waals surface area contributed by atoms with Crippen LogP contribution >= 0.6 is 0 Å². The maximum Gasteiger partial charge on any atom is 0.335 e. The molecule has 0 spiro atoms. The van der Waals surface area contributed by atoms with Crippen molar-refractivity contribution in [3.8, 4) is 5.88 Å². The van der Waals surface area contributed by atoms with E-state index in [-0.39, 0.29) is 5.82 Å². The minimum atomic E-state index is -1.25. The van der Waals surface area contributed by atoms with Crippen LogP contribution in [0.1, 0.15) is 5.56 Å². The minimum Gasteiger partial charge on any atom is -0.480 e. The van der Waals surface area contributed by atoms with E-state index in [9.17, 15) is 14.4 Å². The summed E-state index contributed by atoms with van der Waals surface area (Å²) >= 11 is 0. The lowest BCUT2D eigenvalue weighted by atomic mass is 10.1. The summed E-state index contributed by atoms with van der Waals surface area (Å²) in [6.45, 7) is 1.89. The third-order valence-corrected chi connectivity index (χ3v) is 3.69. The molecule has 1 aromatic carbocycles. The summed E-state index contributed by atoms with van der Waals surface area (Å²) in [5.41, 5.74) is 1.35. The fraction of sp³-hybridized carbons (Fsp3) is 0.176. The van der Waals surface area contributed by atoms with Crippen molar-refractivity contribution < 1.29 is 19.1 Å². The van der Waals surface area contributed by atoms with Crippen molar-refractivity contribution in [1.82, 2.24) is 15.5 Å². The van der Waals surface area contributed by atoms with E-state index in [1.54, 1.807) is 30.3 Å². The molecule has 1 atom stereocenters. The van der Waals surface area contributed by atoms with Crippen molar-refractivity contribution in [3.05, 3.63) is 42.0 Å². The fourth-order valence-corrected chi connectivity index (χ4v) is 2.30. The second-order valence-electron chi connectivity index (χ2n) is 5.49. The molecule has 0 aliphatic carbocycles. The first-order valence-electron chi connectivity index (χ1n) is 7.67. The Bertz CT molecular complexity index is 877. The number of hydrogen-bond donors (Lipinski definition) is 1. The number of anilines is 1. The van der Waals surface area contributed by atoms with Crippen LogP contribution in [-0.2, 0) is 9.59 Å². The molecule has 0 radical (unpaired) electrons. The van der Waals surface area contributed by atoms with Crippen molar-refractivity contribution in [3.63, 3.8) is 0 Å². The predicted molar refractivity (Wildman–Crippen MR) is 92.4 cm³/mol. The largest absolute Gasteiger partial charge is 0.480 e. The number of aliphatic imine (C=N–C) groups is 1. The molecule has 3 rings (SSSR count). The third kappa shape index (κ3) is 3.41. The molecule has 1 fully saturated rings. The van der Waals surface area contributed by atoms with Gasteiger partial charge in [0.1, 0.15) is 0 Å². The number of aromatic nitrogens is 2.